The van der Waals surface area contributed by atoms with Crippen molar-refractivity contribution in [3.8, 4) is 0 Å². The van der Waals surface area contributed by atoms with Crippen LogP contribution in [0.2, 0.25) is 5.02 Å². The Morgan fingerprint density at radius 3 is 2.76 bits per heavy atom. The van der Waals surface area contributed by atoms with Gasteiger partial charge in [0, 0.05) is 6.04 Å². The quantitative estimate of drug-likeness (QED) is 0.916. The summed E-state index contributed by atoms with van der Waals surface area (Å²) in [5, 5.41) is 11.7. The number of nitrogens with one attached hydrogen (secondary N) is 1. The van der Waals surface area contributed by atoms with Crippen LogP contribution < -0.4 is 5.32 Å². The molecule has 5 heteroatoms. The van der Waals surface area contributed by atoms with E-state index in [1.54, 1.807) is 18.2 Å². The summed E-state index contributed by atoms with van der Waals surface area (Å²) in [6.07, 6.45) is 1.31. The van der Waals surface area contributed by atoms with Gasteiger partial charge in [0.15, 0.2) is 0 Å². The van der Waals surface area contributed by atoms with Crippen molar-refractivity contribution in [3.05, 3.63) is 57.6 Å². The average molecular weight is 308 g/mol. The first-order valence-corrected chi connectivity index (χ1v) is 7.37. The van der Waals surface area contributed by atoms with Gasteiger partial charge < -0.3 is 5.32 Å². The Balaban J connectivity index is 2.36. The minimum absolute atomic E-state index is 0.0258. The molecule has 21 heavy (non-hydrogen) atoms. The highest BCUT2D eigenvalue weighted by Gasteiger charge is 2.18. The molecular formula is C16H19ClFN3. The molecule has 1 aromatic carbocycles. The summed E-state index contributed by atoms with van der Waals surface area (Å²) in [4.78, 5) is 0. The van der Waals surface area contributed by atoms with E-state index in [0.29, 0.717) is 12.0 Å². The molecule has 0 fully saturated rings. The van der Waals surface area contributed by atoms with Crippen LogP contribution in [0, 0.1) is 12.7 Å². The van der Waals surface area contributed by atoms with E-state index in [0.717, 1.165) is 23.4 Å². The van der Waals surface area contributed by atoms with Crippen LogP contribution >= 0.6 is 11.6 Å². The van der Waals surface area contributed by atoms with Gasteiger partial charge in [0.2, 0.25) is 0 Å². The summed E-state index contributed by atoms with van der Waals surface area (Å²) >= 11 is 5.85. The molecule has 1 aromatic heterocycles. The predicted octanol–water partition coefficient (Wildman–Crippen LogP) is 3.64. The lowest BCUT2D eigenvalue weighted by Gasteiger charge is -2.20. The topological polar surface area (TPSA) is 37.8 Å². The summed E-state index contributed by atoms with van der Waals surface area (Å²) in [6.45, 7) is 3.94. The zero-order valence-corrected chi connectivity index (χ0v) is 13.2. The van der Waals surface area contributed by atoms with Crippen molar-refractivity contribution < 1.29 is 4.39 Å². The minimum atomic E-state index is -0.351. The molecule has 0 aliphatic carbocycles. The van der Waals surface area contributed by atoms with Crippen LogP contribution in [0.3, 0.4) is 0 Å². The van der Waals surface area contributed by atoms with E-state index in [1.165, 1.54) is 0 Å². The number of aromatic nitrogens is 2. The Bertz CT molecular complexity index is 631. The van der Waals surface area contributed by atoms with Crippen LogP contribution in [0.5, 0.6) is 0 Å². The number of nitrogens with zero attached hydrogens (tertiary/aromatic N) is 2. The molecule has 0 saturated heterocycles. The highest BCUT2D eigenvalue weighted by Crippen LogP contribution is 2.25. The van der Waals surface area contributed by atoms with Crippen LogP contribution in [0.25, 0.3) is 0 Å². The molecule has 2 aromatic rings. The molecule has 1 atom stereocenters. The lowest BCUT2D eigenvalue weighted by atomic mass is 9.96. The normalized spacial score (nSPS) is 12.4. The summed E-state index contributed by atoms with van der Waals surface area (Å²) in [5.41, 5.74) is 3.45. The van der Waals surface area contributed by atoms with E-state index in [4.69, 9.17) is 11.6 Å². The van der Waals surface area contributed by atoms with Crippen molar-refractivity contribution in [2.45, 2.75) is 32.7 Å². The number of hydrogen-bond donors (Lipinski definition) is 1. The van der Waals surface area contributed by atoms with Crippen molar-refractivity contribution in [1.82, 2.24) is 15.5 Å². The van der Waals surface area contributed by atoms with Crippen LogP contribution in [-0.4, -0.2) is 17.2 Å². The van der Waals surface area contributed by atoms with Crippen molar-refractivity contribution >= 4 is 11.6 Å². The maximum Gasteiger partial charge on any atom is 0.145 e. The number of halogens is 2. The van der Waals surface area contributed by atoms with Crippen molar-refractivity contribution in [3.63, 3.8) is 0 Å². The highest BCUT2D eigenvalue weighted by atomic mass is 35.5. The standard InChI is InChI=1S/C16H19ClFN3/c1-4-14-12(8-10(2)20-21-14)15(19-3)9-11-6-5-7-13(17)16(11)18/h5-8,15,19H,4,9H2,1-3H3. The van der Waals surface area contributed by atoms with E-state index in [2.05, 4.69) is 15.5 Å². The fraction of sp³-hybridized carbons (Fsp3) is 0.375. The Morgan fingerprint density at radius 1 is 1.33 bits per heavy atom. The fourth-order valence-electron chi connectivity index (χ4n) is 2.40. The third-order valence-corrected chi connectivity index (χ3v) is 3.83. The molecule has 0 amide bonds. The molecule has 0 aliphatic rings. The van der Waals surface area contributed by atoms with Crippen molar-refractivity contribution in [2.24, 2.45) is 0 Å². The van der Waals surface area contributed by atoms with Gasteiger partial charge in [0.25, 0.3) is 0 Å². The van der Waals surface area contributed by atoms with E-state index in [1.807, 2.05) is 27.0 Å². The fourth-order valence-corrected chi connectivity index (χ4v) is 2.60. The largest absolute Gasteiger partial charge is 0.313 e. The first kappa shape index (κ1) is 15.9. The first-order chi connectivity index (χ1) is 10.1. The Morgan fingerprint density at radius 2 is 2.10 bits per heavy atom. The summed E-state index contributed by atoms with van der Waals surface area (Å²) in [6, 6.07) is 7.07. The lowest BCUT2D eigenvalue weighted by molar-refractivity contribution is 0.547. The smallest absolute Gasteiger partial charge is 0.145 e. The Hall–Kier alpha value is -1.52. The van der Waals surface area contributed by atoms with Gasteiger partial charge in [-0.25, -0.2) is 4.39 Å². The van der Waals surface area contributed by atoms with Crippen molar-refractivity contribution in [2.75, 3.05) is 7.05 Å². The van der Waals surface area contributed by atoms with Crippen LogP contribution in [0.4, 0.5) is 4.39 Å². The second-order valence-electron chi connectivity index (χ2n) is 5.00. The van der Waals surface area contributed by atoms with Crippen molar-refractivity contribution in [1.29, 1.82) is 0 Å². The van der Waals surface area contributed by atoms with Gasteiger partial charge in [-0.05, 0) is 50.1 Å². The van der Waals surface area contributed by atoms with Gasteiger partial charge in [-0.15, -0.1) is 0 Å². The molecule has 0 aliphatic heterocycles. The molecule has 3 nitrogen and oxygen atoms in total. The van der Waals surface area contributed by atoms with Gasteiger partial charge in [0.1, 0.15) is 5.82 Å². The van der Waals surface area contributed by atoms with E-state index < -0.39 is 0 Å². The van der Waals surface area contributed by atoms with Gasteiger partial charge in [-0.3, -0.25) is 0 Å². The average Bonchev–Trinajstić information content (AvgIpc) is 2.49. The maximum absolute atomic E-state index is 14.1. The number of benzene rings is 1. The molecule has 1 N–H and O–H groups in total. The summed E-state index contributed by atoms with van der Waals surface area (Å²) in [7, 11) is 1.86. The van der Waals surface area contributed by atoms with Crippen LogP contribution in [0.15, 0.2) is 24.3 Å². The maximum atomic E-state index is 14.1. The Labute approximate surface area is 129 Å². The third-order valence-electron chi connectivity index (χ3n) is 3.54. The summed E-state index contributed by atoms with van der Waals surface area (Å²) in [5.74, 6) is -0.351. The number of likely N-dealkylation sites (N-methyl/N-ethyl adjacent to an activating group) is 1. The SMILES string of the molecule is CCc1nnc(C)cc1C(Cc1cccc(Cl)c1F)NC. The molecule has 1 unspecified atom stereocenters. The predicted molar refractivity (Wildman–Crippen MR) is 83.1 cm³/mol. The van der Waals surface area contributed by atoms with Gasteiger partial charge in [-0.1, -0.05) is 30.7 Å². The highest BCUT2D eigenvalue weighted by molar-refractivity contribution is 6.30. The number of aryl methyl sites for hydroxylation is 2. The lowest BCUT2D eigenvalue weighted by Crippen LogP contribution is -2.22. The van der Waals surface area contributed by atoms with Gasteiger partial charge in [0.05, 0.1) is 16.4 Å². The second-order valence-corrected chi connectivity index (χ2v) is 5.41. The number of hydrogen-bond acceptors (Lipinski definition) is 3. The van der Waals surface area contributed by atoms with Gasteiger partial charge >= 0.3 is 0 Å². The van der Waals surface area contributed by atoms with Gasteiger partial charge in [-0.2, -0.15) is 10.2 Å². The number of rotatable bonds is 5. The molecule has 2 rings (SSSR count). The molecule has 0 saturated carbocycles. The zero-order valence-electron chi connectivity index (χ0n) is 12.5. The van der Waals surface area contributed by atoms with E-state index in [-0.39, 0.29) is 16.9 Å². The molecular weight excluding hydrogens is 289 g/mol. The van der Waals surface area contributed by atoms with E-state index >= 15 is 0 Å². The summed E-state index contributed by atoms with van der Waals surface area (Å²) < 4.78 is 14.1. The molecule has 1 heterocycles. The minimum Gasteiger partial charge on any atom is -0.313 e. The monoisotopic (exact) mass is 307 g/mol. The molecule has 112 valence electrons. The zero-order chi connectivity index (χ0) is 15.4. The second kappa shape index (κ2) is 6.96. The molecule has 0 bridgehead atoms. The first-order valence-electron chi connectivity index (χ1n) is 7.00. The van der Waals surface area contributed by atoms with Crippen LogP contribution in [0.1, 0.15) is 35.5 Å². The Kier molecular flexibility index (Phi) is 5.26. The molecule has 0 spiro atoms. The van der Waals surface area contributed by atoms with E-state index in [9.17, 15) is 4.39 Å². The van der Waals surface area contributed by atoms with Crippen LogP contribution in [-0.2, 0) is 12.8 Å². The molecule has 0 radical (unpaired) electrons. The third kappa shape index (κ3) is 3.57.